The quantitative estimate of drug-likeness (QED) is 0.510. The van der Waals surface area contributed by atoms with Crippen molar-refractivity contribution in [3.8, 4) is 0 Å². The third-order valence-corrected chi connectivity index (χ3v) is 9.04. The number of nitrogens with zero attached hydrogens (tertiary/aromatic N) is 1. The first kappa shape index (κ1) is 21.1. The third-order valence-electron chi connectivity index (χ3n) is 5.09. The molecule has 3 rings (SSSR count). The SMILES string of the molecule is CCCN(CCC)C(=O)C=P(c1ccccc1)(c1ccccc1)c1ccccc1. The number of benzene rings is 3. The molecule has 0 aliphatic rings. The second-order valence-electron chi connectivity index (χ2n) is 7.18. The van der Waals surface area contributed by atoms with Crippen LogP contribution in [0.3, 0.4) is 0 Å². The van der Waals surface area contributed by atoms with Crippen LogP contribution < -0.4 is 15.9 Å². The van der Waals surface area contributed by atoms with Gasteiger partial charge in [-0.3, -0.25) is 4.79 Å². The summed E-state index contributed by atoms with van der Waals surface area (Å²) in [4.78, 5) is 15.6. The van der Waals surface area contributed by atoms with E-state index in [1.165, 1.54) is 15.9 Å². The molecule has 0 N–H and O–H groups in total. The highest BCUT2D eigenvalue weighted by atomic mass is 31.2. The Labute approximate surface area is 175 Å². The fourth-order valence-corrected chi connectivity index (χ4v) is 7.54. The summed E-state index contributed by atoms with van der Waals surface area (Å²) in [5, 5.41) is 3.62. The first-order valence-electron chi connectivity index (χ1n) is 10.4. The predicted octanol–water partition coefficient (Wildman–Crippen LogP) is 4.43. The van der Waals surface area contributed by atoms with Crippen molar-refractivity contribution in [1.29, 1.82) is 0 Å². The van der Waals surface area contributed by atoms with E-state index < -0.39 is 6.89 Å². The van der Waals surface area contributed by atoms with E-state index in [-0.39, 0.29) is 5.91 Å². The number of hydrogen-bond acceptors (Lipinski definition) is 1. The molecule has 150 valence electrons. The maximum absolute atomic E-state index is 13.6. The van der Waals surface area contributed by atoms with Crippen molar-refractivity contribution in [3.63, 3.8) is 0 Å². The first-order valence-corrected chi connectivity index (χ1v) is 12.3. The highest BCUT2D eigenvalue weighted by molar-refractivity contribution is 7.95. The Morgan fingerprint density at radius 3 is 1.34 bits per heavy atom. The minimum Gasteiger partial charge on any atom is -0.339 e. The van der Waals surface area contributed by atoms with Crippen LogP contribution in [0.1, 0.15) is 26.7 Å². The van der Waals surface area contributed by atoms with E-state index >= 15 is 0 Å². The molecule has 0 radical (unpaired) electrons. The lowest BCUT2D eigenvalue weighted by atomic mass is 10.3. The third kappa shape index (κ3) is 4.71. The van der Waals surface area contributed by atoms with Gasteiger partial charge in [0.05, 0.1) is 0 Å². The molecule has 0 unspecified atom stereocenters. The topological polar surface area (TPSA) is 20.3 Å². The Bertz CT molecular complexity index is 842. The zero-order valence-corrected chi connectivity index (χ0v) is 18.3. The molecular weight excluding hydrogens is 373 g/mol. The number of rotatable bonds is 8. The Morgan fingerprint density at radius 2 is 1.03 bits per heavy atom. The minimum absolute atomic E-state index is 0.138. The minimum atomic E-state index is -2.23. The average molecular weight is 404 g/mol. The highest BCUT2D eigenvalue weighted by Crippen LogP contribution is 2.43. The van der Waals surface area contributed by atoms with Gasteiger partial charge in [-0.2, -0.15) is 0 Å². The van der Waals surface area contributed by atoms with Crippen molar-refractivity contribution < 1.29 is 4.79 Å². The van der Waals surface area contributed by atoms with Crippen LogP contribution in [0.4, 0.5) is 0 Å². The number of carbonyl (C=O) groups is 1. The van der Waals surface area contributed by atoms with E-state index in [0.29, 0.717) is 0 Å². The zero-order chi connectivity index (χ0) is 20.5. The van der Waals surface area contributed by atoms with Crippen LogP contribution in [-0.2, 0) is 4.79 Å². The van der Waals surface area contributed by atoms with Gasteiger partial charge in [-0.15, -0.1) is 0 Å². The molecule has 3 aromatic rings. The van der Waals surface area contributed by atoms with Crippen molar-refractivity contribution in [1.82, 2.24) is 4.90 Å². The molecule has 2 nitrogen and oxygen atoms in total. The van der Waals surface area contributed by atoms with Crippen LogP contribution >= 0.6 is 6.89 Å². The Kier molecular flexibility index (Phi) is 7.49. The predicted molar refractivity (Wildman–Crippen MR) is 128 cm³/mol. The summed E-state index contributed by atoms with van der Waals surface area (Å²) >= 11 is 0. The van der Waals surface area contributed by atoms with Crippen molar-refractivity contribution in [2.75, 3.05) is 13.1 Å². The van der Waals surface area contributed by atoms with Crippen molar-refractivity contribution >= 4 is 34.5 Å². The molecule has 0 aliphatic heterocycles. The van der Waals surface area contributed by atoms with Crippen molar-refractivity contribution in [3.05, 3.63) is 91.0 Å². The molecule has 0 bridgehead atoms. The monoisotopic (exact) mass is 403 g/mol. The summed E-state index contributed by atoms with van der Waals surface area (Å²) in [5.41, 5.74) is 0. The smallest absolute Gasteiger partial charge is 0.247 e. The first-order chi connectivity index (χ1) is 14.2. The van der Waals surface area contributed by atoms with E-state index in [1.807, 2.05) is 28.9 Å². The molecule has 0 aromatic heterocycles. The summed E-state index contributed by atoms with van der Waals surface area (Å²) < 4.78 is 0. The van der Waals surface area contributed by atoms with E-state index in [4.69, 9.17) is 0 Å². The number of amides is 1. The Balaban J connectivity index is 2.32. The van der Waals surface area contributed by atoms with E-state index in [0.717, 1.165) is 25.9 Å². The summed E-state index contributed by atoms with van der Waals surface area (Å²) in [6.07, 6.45) is 1.93. The van der Waals surface area contributed by atoms with Gasteiger partial charge in [0.2, 0.25) is 5.91 Å². The molecule has 3 heteroatoms. The van der Waals surface area contributed by atoms with Gasteiger partial charge >= 0.3 is 0 Å². The van der Waals surface area contributed by atoms with E-state index in [1.54, 1.807) is 0 Å². The van der Waals surface area contributed by atoms with Gasteiger partial charge < -0.3 is 4.90 Å². The fourth-order valence-electron chi connectivity index (χ4n) is 3.78. The van der Waals surface area contributed by atoms with Crippen LogP contribution in [0.15, 0.2) is 91.0 Å². The lowest BCUT2D eigenvalue weighted by molar-refractivity contribution is -0.123. The van der Waals surface area contributed by atoms with Crippen LogP contribution in [-0.4, -0.2) is 29.7 Å². The fraction of sp³-hybridized carbons (Fsp3) is 0.231. The number of hydrogen-bond donors (Lipinski definition) is 0. The molecule has 1 amide bonds. The summed E-state index contributed by atoms with van der Waals surface area (Å²) in [7, 11) is 0. The molecule has 0 saturated carbocycles. The molecule has 29 heavy (non-hydrogen) atoms. The molecule has 0 spiro atoms. The molecular formula is C26H30NOP. The molecule has 0 atom stereocenters. The standard InChI is InChI=1S/C26H30NOP/c1-3-20-27(21-4-2)26(28)22-29(23-14-8-5-9-15-23,24-16-10-6-11-17-24)25-18-12-7-13-19-25/h5-19,22H,3-4,20-21H2,1-2H3. The van der Waals surface area contributed by atoms with Crippen LogP contribution in [0.25, 0.3) is 0 Å². The Hall–Kier alpha value is -2.57. The summed E-state index contributed by atoms with van der Waals surface area (Å²) in [6.45, 7) is 3.62. The molecule has 0 heterocycles. The molecule has 0 aliphatic carbocycles. The van der Waals surface area contributed by atoms with Gasteiger partial charge in [-0.1, -0.05) is 105 Å². The summed E-state index contributed by atoms with van der Waals surface area (Å²) in [5.74, 6) is 2.18. The van der Waals surface area contributed by atoms with Crippen molar-refractivity contribution in [2.24, 2.45) is 0 Å². The van der Waals surface area contributed by atoms with Crippen molar-refractivity contribution in [2.45, 2.75) is 26.7 Å². The van der Waals surface area contributed by atoms with Crippen LogP contribution in [0, 0.1) is 0 Å². The normalized spacial score (nSPS) is 11.1. The zero-order valence-electron chi connectivity index (χ0n) is 17.4. The van der Waals surface area contributed by atoms with Crippen LogP contribution in [0.2, 0.25) is 0 Å². The second kappa shape index (κ2) is 10.3. The van der Waals surface area contributed by atoms with Gasteiger partial charge in [-0.25, -0.2) is 0 Å². The molecule has 3 aromatic carbocycles. The lowest BCUT2D eigenvalue weighted by Crippen LogP contribution is -2.36. The highest BCUT2D eigenvalue weighted by Gasteiger charge is 2.27. The molecule has 0 saturated heterocycles. The largest absolute Gasteiger partial charge is 0.339 e. The van der Waals surface area contributed by atoms with Gasteiger partial charge in [0, 0.05) is 18.9 Å². The van der Waals surface area contributed by atoms with Crippen LogP contribution in [0.5, 0.6) is 0 Å². The molecule has 0 fully saturated rings. The number of carbonyl (C=O) groups excluding carboxylic acids is 1. The van der Waals surface area contributed by atoms with E-state index in [2.05, 4.69) is 86.6 Å². The van der Waals surface area contributed by atoms with Gasteiger partial charge in [0.1, 0.15) is 0 Å². The second-order valence-corrected chi connectivity index (χ2v) is 10.4. The van der Waals surface area contributed by atoms with Gasteiger partial charge in [0.25, 0.3) is 0 Å². The average Bonchev–Trinajstić information content (AvgIpc) is 2.79. The van der Waals surface area contributed by atoms with Gasteiger partial charge in [-0.05, 0) is 35.6 Å². The Morgan fingerprint density at radius 1 is 0.690 bits per heavy atom. The van der Waals surface area contributed by atoms with E-state index in [9.17, 15) is 4.79 Å². The summed E-state index contributed by atoms with van der Waals surface area (Å²) in [6, 6.07) is 31.6. The maximum Gasteiger partial charge on any atom is 0.247 e. The maximum atomic E-state index is 13.6. The van der Waals surface area contributed by atoms with Gasteiger partial charge in [0.15, 0.2) is 0 Å². The lowest BCUT2D eigenvalue weighted by Gasteiger charge is -2.30.